The van der Waals surface area contributed by atoms with E-state index in [2.05, 4.69) is 43.5 Å². The number of aliphatic hydroxyl groups is 1. The summed E-state index contributed by atoms with van der Waals surface area (Å²) in [5.41, 5.74) is 0. The van der Waals surface area contributed by atoms with E-state index in [4.69, 9.17) is 0 Å². The average molecular weight is 544 g/mol. The summed E-state index contributed by atoms with van der Waals surface area (Å²) >= 11 is 0. The van der Waals surface area contributed by atoms with Gasteiger partial charge in [-0.05, 0) is 44.9 Å². The second-order valence-electron chi connectivity index (χ2n) is 10.4. The maximum absolute atomic E-state index is 12.3. The molecule has 6 nitrogen and oxygen atoms in total. The van der Waals surface area contributed by atoms with Crippen LogP contribution < -0.4 is 5.32 Å². The van der Waals surface area contributed by atoms with Gasteiger partial charge in [-0.15, -0.1) is 0 Å². The average Bonchev–Trinajstić information content (AvgIpc) is 2.84. The number of rotatable bonds is 26. The van der Waals surface area contributed by atoms with Gasteiger partial charge in [-0.2, -0.15) is 8.42 Å². The lowest BCUT2D eigenvalue weighted by Crippen LogP contribution is -2.47. The Hall–Kier alpha value is -1.18. The summed E-state index contributed by atoms with van der Waals surface area (Å²) in [6.07, 6.45) is 28.5. The fourth-order valence-corrected chi connectivity index (χ4v) is 5.12. The van der Waals surface area contributed by atoms with Gasteiger partial charge in [0, 0.05) is 6.42 Å². The second kappa shape index (κ2) is 25.1. The van der Waals surface area contributed by atoms with Crippen molar-refractivity contribution in [1.29, 1.82) is 0 Å². The second-order valence-corrected chi connectivity index (χ2v) is 11.9. The van der Waals surface area contributed by atoms with Crippen molar-refractivity contribution in [3.05, 3.63) is 24.3 Å². The summed E-state index contributed by atoms with van der Waals surface area (Å²) in [7, 11) is -4.29. The Bertz CT molecular complexity index is 690. The van der Waals surface area contributed by atoms with Crippen LogP contribution in [0.5, 0.6) is 0 Å². The highest BCUT2D eigenvalue weighted by atomic mass is 32.2. The van der Waals surface area contributed by atoms with Crippen LogP contribution in [0.15, 0.2) is 24.3 Å². The predicted molar refractivity (Wildman–Crippen MR) is 156 cm³/mol. The Morgan fingerprint density at radius 1 is 0.730 bits per heavy atom. The highest BCUT2D eigenvalue weighted by Crippen LogP contribution is 2.13. The zero-order valence-electron chi connectivity index (χ0n) is 23.8. The van der Waals surface area contributed by atoms with Crippen LogP contribution >= 0.6 is 0 Å². The van der Waals surface area contributed by atoms with Gasteiger partial charge in [0.15, 0.2) is 0 Å². The Morgan fingerprint density at radius 3 is 1.81 bits per heavy atom. The van der Waals surface area contributed by atoms with Crippen molar-refractivity contribution >= 4 is 16.0 Å². The van der Waals surface area contributed by atoms with Gasteiger partial charge in [0.05, 0.1) is 17.9 Å². The third-order valence-corrected chi connectivity index (χ3v) is 7.44. The molecule has 0 aliphatic carbocycles. The molecule has 3 N–H and O–H groups in total. The highest BCUT2D eigenvalue weighted by Gasteiger charge is 2.25. The number of hydrogen-bond donors (Lipinski definition) is 3. The molecule has 0 heterocycles. The van der Waals surface area contributed by atoms with Gasteiger partial charge in [-0.1, -0.05) is 115 Å². The molecule has 0 aliphatic rings. The summed E-state index contributed by atoms with van der Waals surface area (Å²) in [6, 6.07) is -0.972. The van der Waals surface area contributed by atoms with Gasteiger partial charge in [0.2, 0.25) is 5.91 Å². The van der Waals surface area contributed by atoms with E-state index in [1.54, 1.807) is 0 Å². The zero-order chi connectivity index (χ0) is 27.6. The Morgan fingerprint density at radius 2 is 1.22 bits per heavy atom. The van der Waals surface area contributed by atoms with Gasteiger partial charge < -0.3 is 10.4 Å². The SMILES string of the molecule is CCCCC/C=C\C/C=C\CCCCCCCC(=O)NC(CS(=O)(=O)O)C(O)CCCCCCCCC. The number of carbonyl (C=O) groups is 1. The van der Waals surface area contributed by atoms with E-state index >= 15 is 0 Å². The first-order valence-corrected chi connectivity index (χ1v) is 16.6. The van der Waals surface area contributed by atoms with Crippen molar-refractivity contribution in [2.45, 2.75) is 154 Å². The van der Waals surface area contributed by atoms with Crippen LogP contribution in [-0.4, -0.2) is 41.9 Å². The molecule has 0 saturated carbocycles. The van der Waals surface area contributed by atoms with Crippen LogP contribution in [-0.2, 0) is 14.9 Å². The maximum Gasteiger partial charge on any atom is 0.266 e. The monoisotopic (exact) mass is 543 g/mol. The molecule has 7 heteroatoms. The lowest BCUT2D eigenvalue weighted by molar-refractivity contribution is -0.122. The topological polar surface area (TPSA) is 104 Å². The van der Waals surface area contributed by atoms with Crippen LogP contribution in [0, 0.1) is 0 Å². The molecule has 37 heavy (non-hydrogen) atoms. The van der Waals surface area contributed by atoms with E-state index in [9.17, 15) is 22.9 Å². The lowest BCUT2D eigenvalue weighted by Gasteiger charge is -2.23. The Kier molecular flexibility index (Phi) is 24.3. The quantitative estimate of drug-likeness (QED) is 0.0590. The van der Waals surface area contributed by atoms with E-state index < -0.39 is 28.0 Å². The number of aliphatic hydroxyl groups excluding tert-OH is 1. The lowest BCUT2D eigenvalue weighted by atomic mass is 10.0. The molecule has 0 radical (unpaired) electrons. The molecule has 2 atom stereocenters. The third kappa shape index (κ3) is 26.2. The Balaban J connectivity index is 4.01. The van der Waals surface area contributed by atoms with Gasteiger partial charge in [-0.3, -0.25) is 9.35 Å². The molecule has 0 aromatic carbocycles. The van der Waals surface area contributed by atoms with Gasteiger partial charge in [0.25, 0.3) is 10.1 Å². The first kappa shape index (κ1) is 35.8. The van der Waals surface area contributed by atoms with E-state index in [0.29, 0.717) is 12.8 Å². The molecule has 0 bridgehead atoms. The molecule has 0 fully saturated rings. The van der Waals surface area contributed by atoms with Crippen molar-refractivity contribution in [2.24, 2.45) is 0 Å². The summed E-state index contributed by atoms with van der Waals surface area (Å²) < 4.78 is 32.1. The summed E-state index contributed by atoms with van der Waals surface area (Å²) in [5.74, 6) is -0.920. The minimum Gasteiger partial charge on any atom is -0.391 e. The largest absolute Gasteiger partial charge is 0.391 e. The molecule has 0 aromatic rings. The molecule has 0 aliphatic heterocycles. The molecule has 218 valence electrons. The third-order valence-electron chi connectivity index (χ3n) is 6.66. The fourth-order valence-electron chi connectivity index (χ4n) is 4.36. The number of nitrogens with one attached hydrogen (secondary N) is 1. The molecule has 2 unspecified atom stereocenters. The minimum atomic E-state index is -4.29. The first-order valence-electron chi connectivity index (χ1n) is 15.0. The van der Waals surface area contributed by atoms with Crippen molar-refractivity contribution in [2.75, 3.05) is 5.75 Å². The van der Waals surface area contributed by atoms with Crippen LogP contribution in [0.2, 0.25) is 0 Å². The van der Waals surface area contributed by atoms with Crippen LogP contribution in [0.3, 0.4) is 0 Å². The van der Waals surface area contributed by atoms with E-state index in [1.807, 2.05) is 0 Å². The number of unbranched alkanes of at least 4 members (excludes halogenated alkanes) is 14. The standard InChI is InChI=1S/C30H57NO5S/c1-3-5-7-9-11-12-13-14-15-16-17-18-20-22-24-26-30(33)31-28(27-37(34,35)36)29(32)25-23-21-19-10-8-6-4-2/h11-12,14-15,28-29,32H,3-10,13,16-27H2,1-2H3,(H,31,33)(H,34,35,36)/b12-11-,15-14-. The molecule has 1 amide bonds. The van der Waals surface area contributed by atoms with Crippen molar-refractivity contribution in [1.82, 2.24) is 5.32 Å². The number of allylic oxidation sites excluding steroid dienone is 4. The molecular weight excluding hydrogens is 486 g/mol. The smallest absolute Gasteiger partial charge is 0.266 e. The van der Waals surface area contributed by atoms with E-state index in [0.717, 1.165) is 64.2 Å². The first-order chi connectivity index (χ1) is 17.8. The van der Waals surface area contributed by atoms with Crippen molar-refractivity contribution < 1.29 is 22.9 Å². The molecule has 0 aromatic heterocycles. The Labute approximate surface area is 228 Å². The number of hydrogen-bond acceptors (Lipinski definition) is 4. The number of amides is 1. The highest BCUT2D eigenvalue weighted by molar-refractivity contribution is 7.85. The number of carbonyl (C=O) groups excluding carboxylic acids is 1. The van der Waals surface area contributed by atoms with Gasteiger partial charge in [0.1, 0.15) is 0 Å². The predicted octanol–water partition coefficient (Wildman–Crippen LogP) is 7.67. The zero-order valence-corrected chi connectivity index (χ0v) is 24.7. The molecular formula is C30H57NO5S. The minimum absolute atomic E-state index is 0.266. The molecule has 0 spiro atoms. The molecule has 0 rings (SSSR count). The van der Waals surface area contributed by atoms with E-state index in [1.165, 1.54) is 51.4 Å². The van der Waals surface area contributed by atoms with Crippen LogP contribution in [0.25, 0.3) is 0 Å². The van der Waals surface area contributed by atoms with Crippen molar-refractivity contribution in [3.8, 4) is 0 Å². The van der Waals surface area contributed by atoms with Crippen LogP contribution in [0.1, 0.15) is 142 Å². The fraction of sp³-hybridized carbons (Fsp3) is 0.833. The summed E-state index contributed by atoms with van der Waals surface area (Å²) in [4.78, 5) is 12.3. The van der Waals surface area contributed by atoms with Gasteiger partial charge >= 0.3 is 0 Å². The summed E-state index contributed by atoms with van der Waals surface area (Å²) in [5, 5.41) is 13.1. The van der Waals surface area contributed by atoms with Crippen LogP contribution in [0.4, 0.5) is 0 Å². The summed E-state index contributed by atoms with van der Waals surface area (Å²) in [6.45, 7) is 4.40. The van der Waals surface area contributed by atoms with Gasteiger partial charge in [-0.25, -0.2) is 0 Å². The molecule has 0 saturated heterocycles. The van der Waals surface area contributed by atoms with E-state index in [-0.39, 0.29) is 5.91 Å². The van der Waals surface area contributed by atoms with Crippen molar-refractivity contribution in [3.63, 3.8) is 0 Å². The normalized spacial score (nSPS) is 13.9. The maximum atomic E-state index is 12.3.